The molecule has 0 spiro atoms. The zero-order chi connectivity index (χ0) is 14.4. The lowest BCUT2D eigenvalue weighted by Crippen LogP contribution is -2.32. The van der Waals surface area contributed by atoms with Crippen LogP contribution in [0.5, 0.6) is 0 Å². The van der Waals surface area contributed by atoms with E-state index < -0.39 is 0 Å². The van der Waals surface area contributed by atoms with Crippen LogP contribution in [0.4, 0.5) is 0 Å². The van der Waals surface area contributed by atoms with Crippen molar-refractivity contribution < 1.29 is 4.79 Å². The average Bonchev–Trinajstić information content (AvgIpc) is 2.97. The summed E-state index contributed by atoms with van der Waals surface area (Å²) in [5, 5.41) is 2.90. The van der Waals surface area contributed by atoms with E-state index >= 15 is 0 Å². The van der Waals surface area contributed by atoms with Gasteiger partial charge in [0.1, 0.15) is 0 Å². The molecule has 1 amide bonds. The summed E-state index contributed by atoms with van der Waals surface area (Å²) < 4.78 is 2.01. The molecule has 1 unspecified atom stereocenters. The van der Waals surface area contributed by atoms with Crippen LogP contribution in [-0.2, 0) is 17.9 Å². The van der Waals surface area contributed by atoms with E-state index in [1.165, 1.54) is 5.56 Å². The number of nitrogens with two attached hydrogens (primary N) is 1. The molecule has 0 aliphatic rings. The normalized spacial score (nSPS) is 12.1. The van der Waals surface area contributed by atoms with Gasteiger partial charge >= 0.3 is 0 Å². The highest BCUT2D eigenvalue weighted by atomic mass is 16.1. The number of aromatic nitrogens is 2. The first-order chi connectivity index (χ1) is 9.69. The number of hydrogen-bond donors (Lipinski definition) is 2. The van der Waals surface area contributed by atoms with Gasteiger partial charge in [-0.05, 0) is 11.1 Å². The zero-order valence-electron chi connectivity index (χ0n) is 11.6. The van der Waals surface area contributed by atoms with Crippen molar-refractivity contribution in [1.82, 2.24) is 14.9 Å². The van der Waals surface area contributed by atoms with E-state index in [4.69, 9.17) is 5.73 Å². The van der Waals surface area contributed by atoms with Crippen molar-refractivity contribution in [3.8, 4) is 0 Å². The van der Waals surface area contributed by atoms with Crippen LogP contribution in [0.3, 0.4) is 0 Å². The van der Waals surface area contributed by atoms with Gasteiger partial charge in [0, 0.05) is 37.9 Å². The Balaban J connectivity index is 1.94. The Morgan fingerprint density at radius 1 is 1.45 bits per heavy atom. The van der Waals surface area contributed by atoms with Crippen molar-refractivity contribution in [3.63, 3.8) is 0 Å². The van der Waals surface area contributed by atoms with Crippen molar-refractivity contribution >= 4 is 5.91 Å². The summed E-state index contributed by atoms with van der Waals surface area (Å²) in [6.45, 7) is 3.50. The Morgan fingerprint density at radius 3 is 2.95 bits per heavy atom. The average molecular weight is 272 g/mol. The SMILES string of the molecule is CC(CN)C(=O)NCc1cccc(Cn2ccnc2)c1. The van der Waals surface area contributed by atoms with E-state index in [1.807, 2.05) is 29.8 Å². The first-order valence-electron chi connectivity index (χ1n) is 6.70. The van der Waals surface area contributed by atoms with Gasteiger partial charge in [0.2, 0.25) is 5.91 Å². The number of carbonyl (C=O) groups excluding carboxylic acids is 1. The van der Waals surface area contributed by atoms with Gasteiger partial charge in [-0.2, -0.15) is 0 Å². The molecule has 0 fully saturated rings. The van der Waals surface area contributed by atoms with Crippen LogP contribution in [0.15, 0.2) is 43.0 Å². The smallest absolute Gasteiger partial charge is 0.224 e. The topological polar surface area (TPSA) is 72.9 Å². The summed E-state index contributed by atoms with van der Waals surface area (Å²) in [6, 6.07) is 8.16. The Labute approximate surface area is 118 Å². The monoisotopic (exact) mass is 272 g/mol. The Kier molecular flexibility index (Phi) is 4.90. The van der Waals surface area contributed by atoms with Crippen LogP contribution in [0.1, 0.15) is 18.1 Å². The molecule has 106 valence electrons. The second kappa shape index (κ2) is 6.86. The number of amides is 1. The summed E-state index contributed by atoms with van der Waals surface area (Å²) in [7, 11) is 0. The molecule has 1 aromatic carbocycles. The van der Waals surface area contributed by atoms with E-state index in [1.54, 1.807) is 12.5 Å². The fourth-order valence-electron chi connectivity index (χ4n) is 1.90. The maximum absolute atomic E-state index is 11.7. The summed E-state index contributed by atoms with van der Waals surface area (Å²) >= 11 is 0. The van der Waals surface area contributed by atoms with Gasteiger partial charge in [-0.1, -0.05) is 31.2 Å². The minimum Gasteiger partial charge on any atom is -0.352 e. The maximum atomic E-state index is 11.7. The molecule has 0 saturated heterocycles. The highest BCUT2D eigenvalue weighted by molar-refractivity contribution is 5.78. The molecule has 2 rings (SSSR count). The van der Waals surface area contributed by atoms with Gasteiger partial charge in [0.25, 0.3) is 0 Å². The first kappa shape index (κ1) is 14.3. The van der Waals surface area contributed by atoms with Crippen LogP contribution in [0, 0.1) is 5.92 Å². The molecule has 1 heterocycles. The molecule has 0 saturated carbocycles. The third-order valence-corrected chi connectivity index (χ3v) is 3.18. The van der Waals surface area contributed by atoms with Crippen molar-refractivity contribution in [2.75, 3.05) is 6.54 Å². The van der Waals surface area contributed by atoms with Gasteiger partial charge < -0.3 is 15.6 Å². The third-order valence-electron chi connectivity index (χ3n) is 3.18. The van der Waals surface area contributed by atoms with E-state index in [2.05, 4.69) is 22.4 Å². The lowest BCUT2D eigenvalue weighted by atomic mass is 10.1. The summed E-state index contributed by atoms with van der Waals surface area (Å²) in [5.41, 5.74) is 7.74. The molecule has 1 aromatic heterocycles. The standard InChI is InChI=1S/C15H20N4O/c1-12(8-16)15(20)18-9-13-3-2-4-14(7-13)10-19-6-5-17-11-19/h2-7,11-12H,8-10,16H2,1H3,(H,18,20). The number of nitrogens with zero attached hydrogens (tertiary/aromatic N) is 2. The largest absolute Gasteiger partial charge is 0.352 e. The number of carbonyl (C=O) groups is 1. The van der Waals surface area contributed by atoms with Gasteiger partial charge in [-0.25, -0.2) is 4.98 Å². The first-order valence-corrected chi connectivity index (χ1v) is 6.70. The van der Waals surface area contributed by atoms with Crippen LogP contribution in [0.25, 0.3) is 0 Å². The Morgan fingerprint density at radius 2 is 2.25 bits per heavy atom. The molecular weight excluding hydrogens is 252 g/mol. The quantitative estimate of drug-likeness (QED) is 0.828. The number of hydrogen-bond acceptors (Lipinski definition) is 3. The lowest BCUT2D eigenvalue weighted by Gasteiger charge is -2.11. The minimum absolute atomic E-state index is 0.00693. The molecule has 0 bridgehead atoms. The van der Waals surface area contributed by atoms with E-state index in [0.717, 1.165) is 12.1 Å². The van der Waals surface area contributed by atoms with Crippen molar-refractivity contribution in [2.24, 2.45) is 11.7 Å². The second-order valence-electron chi connectivity index (χ2n) is 4.91. The summed E-state index contributed by atoms with van der Waals surface area (Å²) in [5.74, 6) is -0.156. The second-order valence-corrected chi connectivity index (χ2v) is 4.91. The molecule has 2 aromatic rings. The van der Waals surface area contributed by atoms with E-state index in [9.17, 15) is 4.79 Å². The zero-order valence-corrected chi connectivity index (χ0v) is 11.6. The molecule has 1 atom stereocenters. The fourth-order valence-corrected chi connectivity index (χ4v) is 1.90. The fraction of sp³-hybridized carbons (Fsp3) is 0.333. The molecular formula is C15H20N4O. The maximum Gasteiger partial charge on any atom is 0.224 e. The number of rotatable bonds is 6. The van der Waals surface area contributed by atoms with Gasteiger partial charge in [-0.3, -0.25) is 4.79 Å². The van der Waals surface area contributed by atoms with Gasteiger partial charge in [0.15, 0.2) is 0 Å². The van der Waals surface area contributed by atoms with E-state index in [0.29, 0.717) is 13.1 Å². The lowest BCUT2D eigenvalue weighted by molar-refractivity contribution is -0.124. The van der Waals surface area contributed by atoms with E-state index in [-0.39, 0.29) is 11.8 Å². The van der Waals surface area contributed by atoms with Crippen LogP contribution >= 0.6 is 0 Å². The van der Waals surface area contributed by atoms with Crippen molar-refractivity contribution in [3.05, 3.63) is 54.1 Å². The van der Waals surface area contributed by atoms with Crippen LogP contribution < -0.4 is 11.1 Å². The third kappa shape index (κ3) is 3.93. The van der Waals surface area contributed by atoms with Crippen LogP contribution in [-0.4, -0.2) is 22.0 Å². The highest BCUT2D eigenvalue weighted by Crippen LogP contribution is 2.07. The van der Waals surface area contributed by atoms with Crippen molar-refractivity contribution in [2.45, 2.75) is 20.0 Å². The molecule has 0 aliphatic heterocycles. The van der Waals surface area contributed by atoms with Gasteiger partial charge in [-0.15, -0.1) is 0 Å². The summed E-state index contributed by atoms with van der Waals surface area (Å²) in [6.07, 6.45) is 5.48. The molecule has 5 heteroatoms. The molecule has 20 heavy (non-hydrogen) atoms. The minimum atomic E-state index is -0.149. The summed E-state index contributed by atoms with van der Waals surface area (Å²) in [4.78, 5) is 15.7. The number of imidazole rings is 1. The molecule has 5 nitrogen and oxygen atoms in total. The number of benzene rings is 1. The Bertz CT molecular complexity index is 551. The van der Waals surface area contributed by atoms with Gasteiger partial charge in [0.05, 0.1) is 6.33 Å². The molecule has 3 N–H and O–H groups in total. The Hall–Kier alpha value is -2.14. The molecule has 0 radical (unpaired) electrons. The predicted octanol–water partition coefficient (Wildman–Crippen LogP) is 1.14. The predicted molar refractivity (Wildman–Crippen MR) is 77.8 cm³/mol. The number of nitrogens with one attached hydrogen (secondary N) is 1. The van der Waals surface area contributed by atoms with Crippen LogP contribution in [0.2, 0.25) is 0 Å². The molecule has 0 aliphatic carbocycles. The van der Waals surface area contributed by atoms with Crippen molar-refractivity contribution in [1.29, 1.82) is 0 Å². The highest BCUT2D eigenvalue weighted by Gasteiger charge is 2.09.